The maximum absolute atomic E-state index is 12.0. The van der Waals surface area contributed by atoms with Gasteiger partial charge in [-0.2, -0.15) is 5.10 Å². The predicted molar refractivity (Wildman–Crippen MR) is 67.1 cm³/mol. The minimum Gasteiger partial charge on any atom is -0.390 e. The Kier molecular flexibility index (Phi) is 6.38. The Morgan fingerprint density at radius 1 is 1.37 bits per heavy atom. The number of H-pyrrole nitrogens is 1. The van der Waals surface area contributed by atoms with E-state index in [-0.39, 0.29) is 23.7 Å². The highest BCUT2D eigenvalue weighted by Gasteiger charge is 2.23. The van der Waals surface area contributed by atoms with Gasteiger partial charge in [-0.3, -0.25) is 5.10 Å². The summed E-state index contributed by atoms with van der Waals surface area (Å²) in [7, 11) is -2.14. The first-order chi connectivity index (χ1) is 9.03. The Labute approximate surface area is 112 Å². The number of aliphatic hydroxyl groups excluding tert-OH is 1. The van der Waals surface area contributed by atoms with Gasteiger partial charge in [0.15, 0.2) is 0 Å². The van der Waals surface area contributed by atoms with Gasteiger partial charge in [0.2, 0.25) is 10.0 Å². The van der Waals surface area contributed by atoms with Crippen LogP contribution in [0.5, 0.6) is 0 Å². The normalized spacial score (nSPS) is 11.9. The fourth-order valence-electron chi connectivity index (χ4n) is 1.50. The average molecular weight is 293 g/mol. The van der Waals surface area contributed by atoms with E-state index in [0.717, 1.165) is 0 Å². The number of sulfonamides is 1. The number of nitrogens with one attached hydrogen (secondary N) is 2. The lowest BCUT2D eigenvalue weighted by Gasteiger charge is -2.07. The van der Waals surface area contributed by atoms with Crippen molar-refractivity contribution >= 4 is 10.0 Å². The van der Waals surface area contributed by atoms with Gasteiger partial charge in [-0.1, -0.05) is 0 Å². The molecule has 0 saturated carbocycles. The molecule has 8 nitrogen and oxygen atoms in total. The smallest absolute Gasteiger partial charge is 0.244 e. The van der Waals surface area contributed by atoms with Gasteiger partial charge >= 0.3 is 0 Å². The Morgan fingerprint density at radius 2 is 2.11 bits per heavy atom. The largest absolute Gasteiger partial charge is 0.390 e. The third-order valence-corrected chi connectivity index (χ3v) is 4.01. The average Bonchev–Trinajstić information content (AvgIpc) is 2.75. The highest BCUT2D eigenvalue weighted by atomic mass is 32.2. The quantitative estimate of drug-likeness (QED) is 0.511. The van der Waals surface area contributed by atoms with E-state index in [1.807, 2.05) is 0 Å². The second kappa shape index (κ2) is 7.56. The molecule has 0 aromatic carbocycles. The third-order valence-electron chi connectivity index (χ3n) is 2.35. The number of rotatable bonds is 9. The number of aromatic nitrogens is 2. The Hall–Kier alpha value is -1.00. The van der Waals surface area contributed by atoms with Gasteiger partial charge < -0.3 is 14.6 Å². The van der Waals surface area contributed by atoms with Crippen molar-refractivity contribution in [1.29, 1.82) is 0 Å². The first-order valence-electron chi connectivity index (χ1n) is 5.74. The summed E-state index contributed by atoms with van der Waals surface area (Å²) in [6.45, 7) is 2.39. The second-order valence-electron chi connectivity index (χ2n) is 3.79. The molecule has 1 aromatic heterocycles. The summed E-state index contributed by atoms with van der Waals surface area (Å²) in [6, 6.07) is 0. The summed E-state index contributed by atoms with van der Waals surface area (Å²) in [6.07, 6.45) is 0. The van der Waals surface area contributed by atoms with Crippen LogP contribution in [0.1, 0.15) is 11.4 Å². The van der Waals surface area contributed by atoms with Crippen LogP contribution in [0.4, 0.5) is 0 Å². The van der Waals surface area contributed by atoms with Crippen LogP contribution in [0.25, 0.3) is 0 Å². The van der Waals surface area contributed by atoms with E-state index < -0.39 is 16.6 Å². The summed E-state index contributed by atoms with van der Waals surface area (Å²) in [5, 5.41) is 15.3. The molecule has 0 fully saturated rings. The van der Waals surface area contributed by atoms with Crippen molar-refractivity contribution in [2.45, 2.75) is 18.4 Å². The first-order valence-corrected chi connectivity index (χ1v) is 7.22. The van der Waals surface area contributed by atoms with Crippen LogP contribution in [0.2, 0.25) is 0 Å². The minimum atomic E-state index is -3.70. The number of hydrogen-bond donors (Lipinski definition) is 3. The number of aryl methyl sites for hydroxylation is 1. The van der Waals surface area contributed by atoms with Crippen molar-refractivity contribution in [3.63, 3.8) is 0 Å². The van der Waals surface area contributed by atoms with E-state index in [0.29, 0.717) is 18.9 Å². The number of nitrogens with zero attached hydrogens (tertiary/aromatic N) is 1. The van der Waals surface area contributed by atoms with Crippen molar-refractivity contribution in [3.8, 4) is 0 Å². The Morgan fingerprint density at radius 3 is 2.74 bits per heavy atom. The minimum absolute atomic E-state index is 0.00751. The molecule has 0 aliphatic carbocycles. The van der Waals surface area contributed by atoms with Crippen molar-refractivity contribution in [3.05, 3.63) is 11.4 Å². The van der Waals surface area contributed by atoms with Crippen LogP contribution < -0.4 is 4.72 Å². The number of aromatic amines is 1. The van der Waals surface area contributed by atoms with Crippen molar-refractivity contribution in [2.75, 3.05) is 33.5 Å². The lowest BCUT2D eigenvalue weighted by Crippen LogP contribution is -2.28. The molecule has 0 aliphatic rings. The molecular weight excluding hydrogens is 274 g/mol. The standard InChI is InChI=1S/C10H19N3O5S/c1-8-10(9(7-14)13-12-8)19(15,16)11-3-4-18-6-5-17-2/h11,14H,3-7H2,1-2H3,(H,12,13). The molecule has 0 radical (unpaired) electrons. The highest BCUT2D eigenvalue weighted by Crippen LogP contribution is 2.16. The van der Waals surface area contributed by atoms with E-state index in [4.69, 9.17) is 14.6 Å². The van der Waals surface area contributed by atoms with E-state index in [9.17, 15) is 8.42 Å². The van der Waals surface area contributed by atoms with Crippen LogP contribution in [0.15, 0.2) is 4.90 Å². The highest BCUT2D eigenvalue weighted by molar-refractivity contribution is 7.89. The molecule has 0 unspecified atom stereocenters. The van der Waals surface area contributed by atoms with Crippen LogP contribution >= 0.6 is 0 Å². The van der Waals surface area contributed by atoms with Gasteiger partial charge in [0, 0.05) is 13.7 Å². The van der Waals surface area contributed by atoms with Gasteiger partial charge in [0.1, 0.15) is 10.6 Å². The first kappa shape index (κ1) is 16.1. The van der Waals surface area contributed by atoms with Crippen molar-refractivity contribution in [2.24, 2.45) is 0 Å². The molecule has 0 bridgehead atoms. The van der Waals surface area contributed by atoms with Crippen LogP contribution in [-0.4, -0.2) is 57.2 Å². The number of ether oxygens (including phenoxy) is 2. The molecule has 0 amide bonds. The zero-order valence-electron chi connectivity index (χ0n) is 11.0. The van der Waals surface area contributed by atoms with Crippen LogP contribution in [-0.2, 0) is 26.1 Å². The molecule has 0 spiro atoms. The molecule has 9 heteroatoms. The Balaban J connectivity index is 2.54. The van der Waals surface area contributed by atoms with Gasteiger partial charge in [-0.25, -0.2) is 13.1 Å². The molecule has 19 heavy (non-hydrogen) atoms. The monoisotopic (exact) mass is 293 g/mol. The van der Waals surface area contributed by atoms with Gasteiger partial charge in [0.05, 0.1) is 32.1 Å². The fraction of sp³-hybridized carbons (Fsp3) is 0.700. The lowest BCUT2D eigenvalue weighted by molar-refractivity contribution is 0.0736. The molecule has 0 aliphatic heterocycles. The number of hydrogen-bond acceptors (Lipinski definition) is 6. The number of aliphatic hydroxyl groups is 1. The summed E-state index contributed by atoms with van der Waals surface area (Å²) < 4.78 is 36.4. The molecule has 0 atom stereocenters. The summed E-state index contributed by atoms with van der Waals surface area (Å²) in [5.41, 5.74) is 0.488. The zero-order chi connectivity index (χ0) is 14.3. The van der Waals surface area contributed by atoms with Gasteiger partial charge in [-0.15, -0.1) is 0 Å². The molecular formula is C10H19N3O5S. The van der Waals surface area contributed by atoms with Gasteiger partial charge in [0.25, 0.3) is 0 Å². The summed E-state index contributed by atoms with van der Waals surface area (Å²) in [4.78, 5) is -0.00751. The van der Waals surface area contributed by atoms with E-state index >= 15 is 0 Å². The molecule has 1 heterocycles. The van der Waals surface area contributed by atoms with E-state index in [1.54, 1.807) is 14.0 Å². The SMILES string of the molecule is COCCOCCNS(=O)(=O)c1c(CO)n[nH]c1C. The summed E-state index contributed by atoms with van der Waals surface area (Å²) in [5.74, 6) is 0. The van der Waals surface area contributed by atoms with Crippen LogP contribution in [0, 0.1) is 6.92 Å². The molecule has 3 N–H and O–H groups in total. The molecule has 0 saturated heterocycles. The Bertz CT molecular complexity index is 485. The van der Waals surface area contributed by atoms with E-state index in [2.05, 4.69) is 14.9 Å². The summed E-state index contributed by atoms with van der Waals surface area (Å²) >= 11 is 0. The molecule has 1 aromatic rings. The molecule has 1 rings (SSSR count). The third kappa shape index (κ3) is 4.55. The molecule has 110 valence electrons. The van der Waals surface area contributed by atoms with Crippen molar-refractivity contribution in [1.82, 2.24) is 14.9 Å². The van der Waals surface area contributed by atoms with Crippen LogP contribution in [0.3, 0.4) is 0 Å². The second-order valence-corrected chi connectivity index (χ2v) is 5.49. The zero-order valence-corrected chi connectivity index (χ0v) is 11.8. The maximum Gasteiger partial charge on any atom is 0.244 e. The van der Waals surface area contributed by atoms with Crippen molar-refractivity contribution < 1.29 is 23.0 Å². The predicted octanol–water partition coefficient (Wildman–Crippen LogP) is -0.848. The fourth-order valence-corrected chi connectivity index (χ4v) is 2.86. The van der Waals surface area contributed by atoms with Gasteiger partial charge in [-0.05, 0) is 6.92 Å². The van der Waals surface area contributed by atoms with E-state index in [1.165, 1.54) is 0 Å². The maximum atomic E-state index is 12.0. The lowest BCUT2D eigenvalue weighted by atomic mass is 10.4. The topological polar surface area (TPSA) is 114 Å². The number of methoxy groups -OCH3 is 1.